The van der Waals surface area contributed by atoms with E-state index in [4.69, 9.17) is 4.74 Å². The lowest BCUT2D eigenvalue weighted by Crippen LogP contribution is -2.39. The van der Waals surface area contributed by atoms with Gasteiger partial charge in [-0.3, -0.25) is 4.99 Å². The maximum atomic E-state index is 12.9. The first-order valence-electron chi connectivity index (χ1n) is 7.76. The monoisotopic (exact) mass is 475 g/mol. The molecular formula is C15H25F3IN5O. The molecule has 25 heavy (non-hydrogen) atoms. The molecule has 6 nitrogen and oxygen atoms in total. The minimum absolute atomic E-state index is 0. The van der Waals surface area contributed by atoms with Crippen LogP contribution in [0, 0.1) is 0 Å². The maximum Gasteiger partial charge on any atom is 0.419 e. The van der Waals surface area contributed by atoms with E-state index in [0.717, 1.165) is 12.5 Å². The summed E-state index contributed by atoms with van der Waals surface area (Å²) < 4.78 is 43.5. The summed E-state index contributed by atoms with van der Waals surface area (Å²) in [4.78, 5) is 8.09. The number of nitrogens with zero attached hydrogens (tertiary/aromatic N) is 2. The van der Waals surface area contributed by atoms with E-state index in [-0.39, 0.29) is 36.3 Å². The van der Waals surface area contributed by atoms with Gasteiger partial charge in [-0.2, -0.15) is 13.2 Å². The Morgan fingerprint density at radius 2 is 2.04 bits per heavy atom. The van der Waals surface area contributed by atoms with Gasteiger partial charge in [-0.05, 0) is 25.5 Å². The average Bonchev–Trinajstić information content (AvgIpc) is 2.55. The smallest absolute Gasteiger partial charge is 0.385 e. The maximum absolute atomic E-state index is 12.9. The van der Waals surface area contributed by atoms with Crippen LogP contribution in [0.5, 0.6) is 0 Å². The van der Waals surface area contributed by atoms with Crippen LogP contribution in [-0.2, 0) is 10.9 Å². The molecule has 0 atom stereocenters. The third-order valence-electron chi connectivity index (χ3n) is 2.94. The van der Waals surface area contributed by atoms with Crippen molar-refractivity contribution in [3.63, 3.8) is 0 Å². The summed E-state index contributed by atoms with van der Waals surface area (Å²) in [5.41, 5.74) is -0.773. The third kappa shape index (κ3) is 9.68. The van der Waals surface area contributed by atoms with E-state index in [1.165, 1.54) is 12.3 Å². The van der Waals surface area contributed by atoms with Gasteiger partial charge in [-0.1, -0.05) is 0 Å². The fraction of sp³-hybridized carbons (Fsp3) is 0.600. The van der Waals surface area contributed by atoms with E-state index >= 15 is 0 Å². The van der Waals surface area contributed by atoms with Crippen LogP contribution < -0.4 is 16.0 Å². The molecule has 0 aliphatic rings. The molecule has 1 aromatic heterocycles. The number of aromatic nitrogens is 1. The van der Waals surface area contributed by atoms with Crippen molar-refractivity contribution in [2.24, 2.45) is 4.99 Å². The van der Waals surface area contributed by atoms with Crippen molar-refractivity contribution in [3.8, 4) is 0 Å². The Kier molecular flexibility index (Phi) is 12.3. The fourth-order valence-corrected chi connectivity index (χ4v) is 1.88. The molecule has 0 spiro atoms. The lowest BCUT2D eigenvalue weighted by Gasteiger charge is -2.14. The molecule has 0 saturated heterocycles. The molecule has 1 rings (SSSR count). The van der Waals surface area contributed by atoms with Crippen LogP contribution in [0.3, 0.4) is 0 Å². The SMILES string of the molecule is CCNC(=NCCCOC)NCCNc1ncccc1C(F)(F)F.I. The minimum Gasteiger partial charge on any atom is -0.385 e. The number of ether oxygens (including phenoxy) is 1. The van der Waals surface area contributed by atoms with Crippen LogP contribution in [-0.4, -0.2) is 50.8 Å². The molecule has 10 heteroatoms. The molecule has 0 unspecified atom stereocenters. The zero-order valence-electron chi connectivity index (χ0n) is 14.3. The number of anilines is 1. The zero-order chi connectivity index (χ0) is 17.8. The number of alkyl halides is 3. The van der Waals surface area contributed by atoms with Crippen LogP contribution in [0.4, 0.5) is 19.0 Å². The number of methoxy groups -OCH3 is 1. The number of halogens is 4. The zero-order valence-corrected chi connectivity index (χ0v) is 16.6. The van der Waals surface area contributed by atoms with Gasteiger partial charge < -0.3 is 20.7 Å². The average molecular weight is 475 g/mol. The number of pyridine rings is 1. The van der Waals surface area contributed by atoms with Gasteiger partial charge in [0, 0.05) is 46.1 Å². The Labute approximate surface area is 163 Å². The quantitative estimate of drug-likeness (QED) is 0.222. The second-order valence-corrected chi connectivity index (χ2v) is 4.86. The van der Waals surface area contributed by atoms with Crippen LogP contribution in [0.15, 0.2) is 23.3 Å². The number of nitrogens with one attached hydrogen (secondary N) is 3. The van der Waals surface area contributed by atoms with Crippen molar-refractivity contribution < 1.29 is 17.9 Å². The van der Waals surface area contributed by atoms with Gasteiger partial charge in [0.15, 0.2) is 5.96 Å². The molecule has 3 N–H and O–H groups in total. The number of hydrogen-bond acceptors (Lipinski definition) is 4. The van der Waals surface area contributed by atoms with E-state index in [1.807, 2.05) is 6.92 Å². The Balaban J connectivity index is 0.00000576. The molecular weight excluding hydrogens is 450 g/mol. The van der Waals surface area contributed by atoms with E-state index < -0.39 is 11.7 Å². The summed E-state index contributed by atoms with van der Waals surface area (Å²) >= 11 is 0. The topological polar surface area (TPSA) is 70.6 Å². The van der Waals surface area contributed by atoms with E-state index in [0.29, 0.717) is 32.2 Å². The van der Waals surface area contributed by atoms with Crippen molar-refractivity contribution in [2.45, 2.75) is 19.5 Å². The molecule has 1 aromatic rings. The van der Waals surface area contributed by atoms with Gasteiger partial charge in [0.1, 0.15) is 5.82 Å². The van der Waals surface area contributed by atoms with Crippen LogP contribution in [0.1, 0.15) is 18.9 Å². The summed E-state index contributed by atoms with van der Waals surface area (Å²) in [6.45, 7) is 4.56. The second kappa shape index (κ2) is 13.0. The fourth-order valence-electron chi connectivity index (χ4n) is 1.88. The molecule has 0 saturated carbocycles. The predicted molar refractivity (Wildman–Crippen MR) is 104 cm³/mol. The lowest BCUT2D eigenvalue weighted by atomic mass is 10.2. The van der Waals surface area contributed by atoms with Gasteiger partial charge in [-0.15, -0.1) is 24.0 Å². The largest absolute Gasteiger partial charge is 0.419 e. The highest BCUT2D eigenvalue weighted by molar-refractivity contribution is 14.0. The normalized spacial score (nSPS) is 11.6. The molecule has 0 radical (unpaired) electrons. The minimum atomic E-state index is -4.43. The first-order valence-corrected chi connectivity index (χ1v) is 7.76. The first-order chi connectivity index (χ1) is 11.5. The molecule has 144 valence electrons. The van der Waals surface area contributed by atoms with Gasteiger partial charge in [0.05, 0.1) is 5.56 Å². The van der Waals surface area contributed by atoms with E-state index in [2.05, 4.69) is 25.9 Å². The summed E-state index contributed by atoms with van der Waals surface area (Å²) in [6.07, 6.45) is -2.30. The highest BCUT2D eigenvalue weighted by Crippen LogP contribution is 2.33. The van der Waals surface area contributed by atoms with Crippen molar-refractivity contribution in [1.82, 2.24) is 15.6 Å². The molecule has 0 aliphatic heterocycles. The first kappa shape index (κ1) is 23.7. The van der Waals surface area contributed by atoms with Crippen molar-refractivity contribution in [2.75, 3.05) is 45.2 Å². The molecule has 0 bridgehead atoms. The third-order valence-corrected chi connectivity index (χ3v) is 2.94. The lowest BCUT2D eigenvalue weighted by molar-refractivity contribution is -0.137. The molecule has 0 amide bonds. The number of hydrogen-bond donors (Lipinski definition) is 3. The number of rotatable bonds is 9. The van der Waals surface area contributed by atoms with Crippen molar-refractivity contribution >= 4 is 35.8 Å². The molecule has 0 fully saturated rings. The highest BCUT2D eigenvalue weighted by Gasteiger charge is 2.33. The second-order valence-electron chi connectivity index (χ2n) is 4.86. The Bertz CT molecular complexity index is 514. The van der Waals surface area contributed by atoms with E-state index in [1.54, 1.807) is 7.11 Å². The standard InChI is InChI=1S/C15H24F3N5O.HI/c1-3-19-14(22-8-5-11-24-2)23-10-9-21-13-12(15(16,17)18)6-4-7-20-13;/h4,6-7H,3,5,8-11H2,1-2H3,(H,20,21)(H2,19,22,23);1H. The summed E-state index contributed by atoms with van der Waals surface area (Å²) in [6, 6.07) is 2.27. The number of aliphatic imine (C=N–C) groups is 1. The molecule has 0 aliphatic carbocycles. The van der Waals surface area contributed by atoms with Crippen molar-refractivity contribution in [1.29, 1.82) is 0 Å². The molecule has 1 heterocycles. The van der Waals surface area contributed by atoms with Crippen LogP contribution >= 0.6 is 24.0 Å². The number of guanidine groups is 1. The van der Waals surface area contributed by atoms with Crippen LogP contribution in [0.25, 0.3) is 0 Å². The van der Waals surface area contributed by atoms with E-state index in [9.17, 15) is 13.2 Å². The summed E-state index contributed by atoms with van der Waals surface area (Å²) in [7, 11) is 1.63. The Morgan fingerprint density at radius 3 is 2.68 bits per heavy atom. The van der Waals surface area contributed by atoms with Crippen LogP contribution in [0.2, 0.25) is 0 Å². The van der Waals surface area contributed by atoms with Gasteiger partial charge in [-0.25, -0.2) is 4.98 Å². The van der Waals surface area contributed by atoms with Gasteiger partial charge in [0.2, 0.25) is 0 Å². The predicted octanol–water partition coefficient (Wildman–Crippen LogP) is 2.72. The highest BCUT2D eigenvalue weighted by atomic mass is 127. The van der Waals surface area contributed by atoms with Gasteiger partial charge in [0.25, 0.3) is 0 Å². The molecule has 0 aromatic carbocycles. The summed E-state index contributed by atoms with van der Waals surface area (Å²) in [5.74, 6) is 0.446. The Hall–Kier alpha value is -1.30. The Morgan fingerprint density at radius 1 is 1.28 bits per heavy atom. The van der Waals surface area contributed by atoms with Gasteiger partial charge >= 0.3 is 6.18 Å². The van der Waals surface area contributed by atoms with Crippen molar-refractivity contribution in [3.05, 3.63) is 23.9 Å². The summed E-state index contributed by atoms with van der Waals surface area (Å²) in [5, 5.41) is 8.82.